The summed E-state index contributed by atoms with van der Waals surface area (Å²) in [4.78, 5) is 14.5. The highest BCUT2D eigenvalue weighted by Crippen LogP contribution is 2.44. The van der Waals surface area contributed by atoms with Crippen molar-refractivity contribution in [2.75, 3.05) is 0 Å². The summed E-state index contributed by atoms with van der Waals surface area (Å²) in [6.45, 7) is 0. The second-order valence-corrected chi connectivity index (χ2v) is 8.51. The zero-order valence-electron chi connectivity index (χ0n) is 16.0. The molecular formula is C22H15F6O3S+. The minimum absolute atomic E-state index is 0.578. The number of alkyl halides is 6. The van der Waals surface area contributed by atoms with Gasteiger partial charge in [0.1, 0.15) is 0 Å². The van der Waals surface area contributed by atoms with Crippen molar-refractivity contribution in [1.29, 1.82) is 0 Å². The van der Waals surface area contributed by atoms with Crippen LogP contribution in [0.5, 0.6) is 0 Å². The van der Waals surface area contributed by atoms with E-state index in [1.54, 1.807) is 0 Å². The molecule has 3 nitrogen and oxygen atoms in total. The van der Waals surface area contributed by atoms with E-state index < -0.39 is 40.6 Å². The lowest BCUT2D eigenvalue weighted by molar-refractivity contribution is -0.441. The molecule has 0 aliphatic heterocycles. The van der Waals surface area contributed by atoms with Gasteiger partial charge in [0.15, 0.2) is 14.7 Å². The molecule has 0 amide bonds. The van der Waals surface area contributed by atoms with Crippen LogP contribution in [0.3, 0.4) is 0 Å². The van der Waals surface area contributed by atoms with Gasteiger partial charge < -0.3 is 9.84 Å². The lowest BCUT2D eigenvalue weighted by Crippen LogP contribution is -2.59. The van der Waals surface area contributed by atoms with Crippen LogP contribution in [-0.2, 0) is 15.6 Å². The average molecular weight is 473 g/mol. The number of hydrogen-bond donors (Lipinski definition) is 1. The van der Waals surface area contributed by atoms with Gasteiger partial charge >= 0.3 is 24.1 Å². The fraction of sp³-hybridized carbons (Fsp3) is 0.136. The summed E-state index contributed by atoms with van der Waals surface area (Å²) in [5, 5.41) is 9.06. The minimum Gasteiger partial charge on any atom is -0.412 e. The molecular weight excluding hydrogens is 458 g/mol. The molecule has 0 heterocycles. The summed E-state index contributed by atoms with van der Waals surface area (Å²) in [5.74, 6) is -7.58. The smallest absolute Gasteiger partial charge is 0.412 e. The molecule has 168 valence electrons. The van der Waals surface area contributed by atoms with Gasteiger partial charge in [-0.3, -0.25) is 0 Å². The first kappa shape index (κ1) is 23.7. The molecule has 0 spiro atoms. The highest BCUT2D eigenvalue weighted by atomic mass is 32.2. The molecule has 0 saturated heterocycles. The zero-order valence-corrected chi connectivity index (χ0v) is 16.8. The van der Waals surface area contributed by atoms with Crippen LogP contribution in [0.1, 0.15) is 10.4 Å². The van der Waals surface area contributed by atoms with E-state index in [0.717, 1.165) is 21.9 Å². The van der Waals surface area contributed by atoms with Crippen molar-refractivity contribution in [2.45, 2.75) is 32.8 Å². The van der Waals surface area contributed by atoms with Crippen LogP contribution in [0.15, 0.2) is 99.6 Å². The van der Waals surface area contributed by atoms with Crippen LogP contribution in [0, 0.1) is 0 Å². The molecule has 0 fully saturated rings. The van der Waals surface area contributed by atoms with Gasteiger partial charge in [0.05, 0.1) is 16.5 Å². The number of benzene rings is 3. The molecule has 0 unspecified atom stereocenters. The maximum Gasteiger partial charge on any atom is 0.465 e. The Labute approximate surface area is 181 Å². The summed E-state index contributed by atoms with van der Waals surface area (Å²) >= 11 is 0. The Kier molecular flexibility index (Phi) is 6.56. The topological polar surface area (TPSA) is 46.5 Å². The third-order valence-electron chi connectivity index (χ3n) is 4.29. The van der Waals surface area contributed by atoms with Crippen LogP contribution in [0.4, 0.5) is 26.3 Å². The average Bonchev–Trinajstić information content (AvgIpc) is 2.74. The molecule has 3 aromatic carbocycles. The van der Waals surface area contributed by atoms with Gasteiger partial charge in [-0.1, -0.05) is 36.4 Å². The Morgan fingerprint density at radius 2 is 1.03 bits per heavy atom. The van der Waals surface area contributed by atoms with E-state index in [4.69, 9.17) is 5.11 Å². The SMILES string of the molecule is O=C(OC(O)(C(F)(F)F)C(F)(F)F)c1ccc([S+](c2ccccc2)c2ccccc2)cc1. The lowest BCUT2D eigenvalue weighted by atomic mass is 10.2. The van der Waals surface area contributed by atoms with Crippen LogP contribution in [-0.4, -0.2) is 29.2 Å². The number of ether oxygens (including phenoxy) is 1. The summed E-state index contributed by atoms with van der Waals surface area (Å²) in [6, 6.07) is 23.4. The molecule has 0 atom stereocenters. The molecule has 0 saturated carbocycles. The summed E-state index contributed by atoms with van der Waals surface area (Å²) in [6.07, 6.45) is -12.5. The lowest BCUT2D eigenvalue weighted by Gasteiger charge is -2.31. The van der Waals surface area contributed by atoms with Gasteiger partial charge in [-0.15, -0.1) is 0 Å². The molecule has 0 radical (unpaired) electrons. The fourth-order valence-electron chi connectivity index (χ4n) is 2.72. The maximum absolute atomic E-state index is 12.8. The number of carbonyl (C=O) groups is 1. The Morgan fingerprint density at radius 3 is 1.41 bits per heavy atom. The molecule has 0 aliphatic carbocycles. The van der Waals surface area contributed by atoms with Crippen molar-refractivity contribution in [3.05, 3.63) is 90.5 Å². The second kappa shape index (κ2) is 8.87. The first-order chi connectivity index (χ1) is 14.9. The number of carbonyl (C=O) groups excluding carboxylic acids is 1. The first-order valence-corrected chi connectivity index (χ1v) is 10.2. The predicted molar refractivity (Wildman–Crippen MR) is 104 cm³/mol. The van der Waals surface area contributed by atoms with Crippen molar-refractivity contribution in [2.24, 2.45) is 0 Å². The predicted octanol–water partition coefficient (Wildman–Crippen LogP) is 5.75. The molecule has 3 aromatic rings. The Bertz CT molecular complexity index is 998. The van der Waals surface area contributed by atoms with Crippen LogP contribution in [0.25, 0.3) is 0 Å². The van der Waals surface area contributed by atoms with Gasteiger partial charge in [0.2, 0.25) is 0 Å². The normalized spacial score (nSPS) is 12.6. The van der Waals surface area contributed by atoms with Crippen LogP contribution >= 0.6 is 0 Å². The van der Waals surface area contributed by atoms with E-state index in [1.165, 1.54) is 12.1 Å². The van der Waals surface area contributed by atoms with Gasteiger partial charge in [-0.2, -0.15) is 26.3 Å². The third kappa shape index (κ3) is 4.76. The van der Waals surface area contributed by atoms with E-state index in [0.29, 0.717) is 4.90 Å². The summed E-state index contributed by atoms with van der Waals surface area (Å²) in [7, 11) is -0.645. The molecule has 10 heteroatoms. The first-order valence-electron chi connectivity index (χ1n) is 8.97. The van der Waals surface area contributed by atoms with Crippen molar-refractivity contribution in [3.8, 4) is 0 Å². The quantitative estimate of drug-likeness (QED) is 0.222. The van der Waals surface area contributed by atoms with Gasteiger partial charge in [0, 0.05) is 0 Å². The Morgan fingerprint density at radius 1 is 0.656 bits per heavy atom. The van der Waals surface area contributed by atoms with Crippen LogP contribution < -0.4 is 0 Å². The van der Waals surface area contributed by atoms with Gasteiger partial charge in [0.25, 0.3) is 0 Å². The molecule has 0 aliphatic rings. The van der Waals surface area contributed by atoms with Crippen molar-refractivity contribution in [3.63, 3.8) is 0 Å². The number of hydrogen-bond acceptors (Lipinski definition) is 3. The van der Waals surface area contributed by atoms with E-state index in [9.17, 15) is 31.1 Å². The molecule has 3 rings (SSSR count). The number of rotatable bonds is 5. The molecule has 1 N–H and O–H groups in total. The van der Waals surface area contributed by atoms with E-state index in [1.807, 2.05) is 60.7 Å². The highest BCUT2D eigenvalue weighted by Gasteiger charge is 2.74. The van der Waals surface area contributed by atoms with Crippen molar-refractivity contribution >= 4 is 16.9 Å². The fourth-order valence-corrected chi connectivity index (χ4v) is 4.80. The molecule has 0 aromatic heterocycles. The number of halogens is 6. The van der Waals surface area contributed by atoms with Crippen molar-refractivity contribution < 1.29 is 41.0 Å². The van der Waals surface area contributed by atoms with Gasteiger partial charge in [-0.05, 0) is 48.5 Å². The summed E-state index contributed by atoms with van der Waals surface area (Å²) < 4.78 is 80.1. The standard InChI is InChI=1S/C22H15F6O3S/c23-21(24,25)20(30,22(26,27)28)31-19(29)15-11-13-18(14-12-15)32(16-7-3-1-4-8-16)17-9-5-2-6-10-17/h1-14,30H/q+1. The Balaban J connectivity index is 1.93. The third-order valence-corrected chi connectivity index (χ3v) is 6.52. The van der Waals surface area contributed by atoms with Gasteiger partial charge in [-0.25, -0.2) is 4.79 Å². The van der Waals surface area contributed by atoms with Crippen molar-refractivity contribution in [1.82, 2.24) is 0 Å². The minimum atomic E-state index is -6.27. The van der Waals surface area contributed by atoms with E-state index in [2.05, 4.69) is 4.74 Å². The maximum atomic E-state index is 12.8. The second-order valence-electron chi connectivity index (χ2n) is 6.49. The summed E-state index contributed by atoms with van der Waals surface area (Å²) in [5.41, 5.74) is -0.578. The molecule has 32 heavy (non-hydrogen) atoms. The number of esters is 1. The van der Waals surface area contributed by atoms with Crippen LogP contribution in [0.2, 0.25) is 0 Å². The highest BCUT2D eigenvalue weighted by molar-refractivity contribution is 7.97. The largest absolute Gasteiger partial charge is 0.465 e. The van der Waals surface area contributed by atoms with E-state index in [-0.39, 0.29) is 0 Å². The Hall–Kier alpha value is -2.98. The van der Waals surface area contributed by atoms with E-state index >= 15 is 0 Å². The zero-order chi connectivity index (χ0) is 23.6. The monoisotopic (exact) mass is 473 g/mol. The molecule has 0 bridgehead atoms. The number of aliphatic hydroxyl groups is 1.